The van der Waals surface area contributed by atoms with Gasteiger partial charge in [-0.3, -0.25) is 4.90 Å². The first-order valence-electron chi connectivity index (χ1n) is 5.55. The summed E-state index contributed by atoms with van der Waals surface area (Å²) in [4.78, 5) is 2.64. The Morgan fingerprint density at radius 3 is 2.69 bits per heavy atom. The van der Waals surface area contributed by atoms with Crippen molar-refractivity contribution >= 4 is 0 Å². The quantitative estimate of drug-likeness (QED) is 0.718. The summed E-state index contributed by atoms with van der Waals surface area (Å²) >= 11 is 0. The minimum absolute atomic E-state index is 0.683. The highest BCUT2D eigenvalue weighted by Crippen LogP contribution is 2.22. The second-order valence-corrected chi connectivity index (χ2v) is 4.64. The fourth-order valence-corrected chi connectivity index (χ4v) is 2.35. The van der Waals surface area contributed by atoms with E-state index in [9.17, 15) is 0 Å². The second-order valence-electron chi connectivity index (χ2n) is 4.64. The summed E-state index contributed by atoms with van der Waals surface area (Å²) in [5.41, 5.74) is 0. The Morgan fingerprint density at radius 1 is 1.38 bits per heavy atom. The fourth-order valence-electron chi connectivity index (χ4n) is 2.35. The Labute approximate surface area is 82.7 Å². The highest BCUT2D eigenvalue weighted by atomic mass is 15.2. The minimum atomic E-state index is 0.683. The predicted molar refractivity (Wildman–Crippen MR) is 58.0 cm³/mol. The van der Waals surface area contributed by atoms with Crippen LogP contribution in [0.2, 0.25) is 0 Å². The first kappa shape index (κ1) is 11.0. The zero-order chi connectivity index (χ0) is 9.84. The van der Waals surface area contributed by atoms with Crippen LogP contribution in [0, 0.1) is 5.92 Å². The van der Waals surface area contributed by atoms with Crippen LogP contribution < -0.4 is 5.32 Å². The average molecular weight is 184 g/mol. The molecule has 1 heterocycles. The standard InChI is InChI=1S/C11H24N2/c1-9-5-6-10(2)13(8-9)11(3)7-12-4/h9-12H,5-8H2,1-4H3. The van der Waals surface area contributed by atoms with Gasteiger partial charge in [-0.2, -0.15) is 0 Å². The second kappa shape index (κ2) is 4.97. The van der Waals surface area contributed by atoms with E-state index < -0.39 is 0 Å². The number of likely N-dealkylation sites (N-methyl/N-ethyl adjacent to an activating group) is 1. The molecule has 2 heteroatoms. The normalized spacial score (nSPS) is 33.2. The van der Waals surface area contributed by atoms with Crippen molar-refractivity contribution in [1.29, 1.82) is 0 Å². The molecule has 1 aliphatic rings. The van der Waals surface area contributed by atoms with Gasteiger partial charge in [-0.05, 0) is 39.7 Å². The molecule has 0 radical (unpaired) electrons. The van der Waals surface area contributed by atoms with Crippen molar-refractivity contribution < 1.29 is 0 Å². The molecule has 3 unspecified atom stereocenters. The minimum Gasteiger partial charge on any atom is -0.318 e. The van der Waals surface area contributed by atoms with Crippen molar-refractivity contribution in [3.05, 3.63) is 0 Å². The van der Waals surface area contributed by atoms with E-state index in [1.165, 1.54) is 19.4 Å². The van der Waals surface area contributed by atoms with Crippen LogP contribution in [0.25, 0.3) is 0 Å². The zero-order valence-electron chi connectivity index (χ0n) is 9.51. The van der Waals surface area contributed by atoms with E-state index in [-0.39, 0.29) is 0 Å². The Kier molecular flexibility index (Phi) is 4.20. The highest BCUT2D eigenvalue weighted by molar-refractivity contribution is 4.81. The molecule has 0 saturated carbocycles. The molecule has 0 aromatic heterocycles. The molecule has 1 rings (SSSR count). The summed E-state index contributed by atoms with van der Waals surface area (Å²) in [5.74, 6) is 0.885. The molecule has 3 atom stereocenters. The summed E-state index contributed by atoms with van der Waals surface area (Å²) in [6.07, 6.45) is 2.78. The van der Waals surface area contributed by atoms with Crippen LogP contribution in [-0.4, -0.2) is 37.1 Å². The third-order valence-electron chi connectivity index (χ3n) is 3.23. The number of hydrogen-bond donors (Lipinski definition) is 1. The van der Waals surface area contributed by atoms with Gasteiger partial charge in [0.2, 0.25) is 0 Å². The molecular weight excluding hydrogens is 160 g/mol. The number of nitrogens with zero attached hydrogens (tertiary/aromatic N) is 1. The lowest BCUT2D eigenvalue weighted by molar-refractivity contribution is 0.0850. The van der Waals surface area contributed by atoms with Crippen LogP contribution in [0.4, 0.5) is 0 Å². The van der Waals surface area contributed by atoms with Crippen LogP contribution in [0.5, 0.6) is 0 Å². The van der Waals surface area contributed by atoms with Gasteiger partial charge in [0.1, 0.15) is 0 Å². The number of nitrogens with one attached hydrogen (secondary N) is 1. The van der Waals surface area contributed by atoms with Crippen molar-refractivity contribution in [2.45, 2.75) is 45.7 Å². The van der Waals surface area contributed by atoms with Crippen LogP contribution >= 0.6 is 0 Å². The maximum atomic E-state index is 3.26. The molecule has 1 aliphatic heterocycles. The molecule has 0 aromatic rings. The topological polar surface area (TPSA) is 15.3 Å². The Balaban J connectivity index is 2.44. The van der Waals surface area contributed by atoms with Gasteiger partial charge in [-0.25, -0.2) is 0 Å². The Bertz CT molecular complexity index is 147. The zero-order valence-corrected chi connectivity index (χ0v) is 9.51. The highest BCUT2D eigenvalue weighted by Gasteiger charge is 2.25. The van der Waals surface area contributed by atoms with Crippen LogP contribution in [0.3, 0.4) is 0 Å². The van der Waals surface area contributed by atoms with Gasteiger partial charge in [-0.15, -0.1) is 0 Å². The van der Waals surface area contributed by atoms with Gasteiger partial charge >= 0.3 is 0 Å². The van der Waals surface area contributed by atoms with Crippen LogP contribution in [-0.2, 0) is 0 Å². The molecule has 0 aromatic carbocycles. The van der Waals surface area contributed by atoms with Crippen LogP contribution in [0.15, 0.2) is 0 Å². The number of rotatable bonds is 3. The average Bonchev–Trinajstić information content (AvgIpc) is 2.09. The fraction of sp³-hybridized carbons (Fsp3) is 1.00. The van der Waals surface area contributed by atoms with Crippen molar-refractivity contribution in [3.63, 3.8) is 0 Å². The lowest BCUT2D eigenvalue weighted by atomic mass is 9.94. The first-order valence-corrected chi connectivity index (χ1v) is 5.55. The smallest absolute Gasteiger partial charge is 0.0195 e. The van der Waals surface area contributed by atoms with Crippen LogP contribution in [0.1, 0.15) is 33.6 Å². The number of likely N-dealkylation sites (tertiary alicyclic amines) is 1. The van der Waals surface area contributed by atoms with Gasteiger partial charge in [0.05, 0.1) is 0 Å². The van der Waals surface area contributed by atoms with Crippen molar-refractivity contribution in [3.8, 4) is 0 Å². The van der Waals surface area contributed by atoms with Gasteiger partial charge in [0, 0.05) is 25.2 Å². The Hall–Kier alpha value is -0.0800. The van der Waals surface area contributed by atoms with Gasteiger partial charge < -0.3 is 5.32 Å². The lowest BCUT2D eigenvalue weighted by Gasteiger charge is -2.40. The molecule has 2 nitrogen and oxygen atoms in total. The van der Waals surface area contributed by atoms with E-state index in [1.807, 2.05) is 7.05 Å². The van der Waals surface area contributed by atoms with Gasteiger partial charge in [0.15, 0.2) is 0 Å². The van der Waals surface area contributed by atoms with Crippen molar-refractivity contribution in [2.24, 2.45) is 5.92 Å². The van der Waals surface area contributed by atoms with E-state index >= 15 is 0 Å². The lowest BCUT2D eigenvalue weighted by Crippen LogP contribution is -2.49. The molecular formula is C11H24N2. The Morgan fingerprint density at radius 2 is 2.08 bits per heavy atom. The predicted octanol–water partition coefficient (Wildman–Crippen LogP) is 1.71. The first-order chi connectivity index (χ1) is 6.15. The molecule has 0 bridgehead atoms. The third-order valence-corrected chi connectivity index (χ3v) is 3.23. The third kappa shape index (κ3) is 2.96. The summed E-state index contributed by atoms with van der Waals surface area (Å²) in [5, 5.41) is 3.26. The van der Waals surface area contributed by atoms with Gasteiger partial charge in [-0.1, -0.05) is 6.92 Å². The maximum Gasteiger partial charge on any atom is 0.0195 e. The SMILES string of the molecule is CNCC(C)N1CC(C)CCC1C. The molecule has 0 aliphatic carbocycles. The van der Waals surface area contributed by atoms with Crippen molar-refractivity contribution in [1.82, 2.24) is 10.2 Å². The van der Waals surface area contributed by atoms with E-state index in [1.54, 1.807) is 0 Å². The monoisotopic (exact) mass is 184 g/mol. The molecule has 1 saturated heterocycles. The van der Waals surface area contributed by atoms with Gasteiger partial charge in [0.25, 0.3) is 0 Å². The van der Waals surface area contributed by atoms with E-state index in [0.29, 0.717) is 6.04 Å². The molecule has 1 fully saturated rings. The largest absolute Gasteiger partial charge is 0.318 e. The molecule has 78 valence electrons. The molecule has 0 spiro atoms. The molecule has 1 N–H and O–H groups in total. The van der Waals surface area contributed by atoms with E-state index in [0.717, 1.165) is 18.5 Å². The summed E-state index contributed by atoms with van der Waals surface area (Å²) in [6.45, 7) is 9.44. The molecule has 0 amide bonds. The maximum absolute atomic E-state index is 3.26. The van der Waals surface area contributed by atoms with Crippen molar-refractivity contribution in [2.75, 3.05) is 20.1 Å². The summed E-state index contributed by atoms with van der Waals surface area (Å²) in [6, 6.07) is 1.46. The summed E-state index contributed by atoms with van der Waals surface area (Å²) < 4.78 is 0. The number of hydrogen-bond acceptors (Lipinski definition) is 2. The summed E-state index contributed by atoms with van der Waals surface area (Å²) in [7, 11) is 2.04. The van der Waals surface area contributed by atoms with E-state index in [4.69, 9.17) is 0 Å². The van der Waals surface area contributed by atoms with E-state index in [2.05, 4.69) is 31.0 Å². The molecule has 13 heavy (non-hydrogen) atoms. The number of piperidine rings is 1.